The van der Waals surface area contributed by atoms with E-state index in [1.807, 2.05) is 5.32 Å². The van der Waals surface area contributed by atoms with Crippen molar-refractivity contribution >= 4 is 23.2 Å². The summed E-state index contributed by atoms with van der Waals surface area (Å²) in [5.41, 5.74) is -8.84. The van der Waals surface area contributed by atoms with Crippen molar-refractivity contribution in [3.05, 3.63) is 63.7 Å². The minimum atomic E-state index is -5.53. The molecule has 3 N–H and O–H groups in total. The number of carbonyl (C=O) groups is 1. The van der Waals surface area contributed by atoms with Crippen molar-refractivity contribution in [3.63, 3.8) is 0 Å². The van der Waals surface area contributed by atoms with Gasteiger partial charge in [-0.25, -0.2) is 0 Å². The third kappa shape index (κ3) is 6.36. The van der Waals surface area contributed by atoms with Crippen LogP contribution in [0.25, 0.3) is 0 Å². The predicted molar refractivity (Wildman–Crippen MR) is 111 cm³/mol. The van der Waals surface area contributed by atoms with Gasteiger partial charge in [0.2, 0.25) is 11.5 Å². The topological polar surface area (TPSA) is 61.4 Å². The van der Waals surface area contributed by atoms with Crippen molar-refractivity contribution in [1.82, 2.24) is 5.32 Å². The Labute approximate surface area is 203 Å². The molecule has 1 atom stereocenters. The Morgan fingerprint density at radius 2 is 1.53 bits per heavy atom. The van der Waals surface area contributed by atoms with E-state index in [2.05, 4.69) is 5.32 Å². The minimum absolute atomic E-state index is 0.0633. The van der Waals surface area contributed by atoms with Crippen molar-refractivity contribution < 1.29 is 49.4 Å². The average Bonchev–Trinajstić information content (AvgIpc) is 3.59. The van der Waals surface area contributed by atoms with Gasteiger partial charge in [0.15, 0.2) is 0 Å². The van der Waals surface area contributed by atoms with Crippen LogP contribution in [0.5, 0.6) is 0 Å². The quantitative estimate of drug-likeness (QED) is 0.358. The molecule has 1 saturated carbocycles. The van der Waals surface area contributed by atoms with E-state index in [0.717, 1.165) is 12.1 Å². The van der Waals surface area contributed by atoms with Gasteiger partial charge in [-0.05, 0) is 54.3 Å². The molecule has 1 aliphatic rings. The molecule has 2 aromatic carbocycles. The molecular weight excluding hydrogens is 531 g/mol. The molecular formula is C22H18ClF9N2O2. The number of anilines is 1. The van der Waals surface area contributed by atoms with Crippen molar-refractivity contribution in [2.24, 2.45) is 5.92 Å². The summed E-state index contributed by atoms with van der Waals surface area (Å²) in [7, 11) is 0. The second-order valence-corrected chi connectivity index (χ2v) is 8.74. The Hall–Kier alpha value is -2.67. The average molecular weight is 549 g/mol. The Balaban J connectivity index is 1.90. The number of nitrogens with one attached hydrogen (secondary N) is 2. The van der Waals surface area contributed by atoms with Crippen molar-refractivity contribution in [1.29, 1.82) is 0 Å². The van der Waals surface area contributed by atoms with Crippen LogP contribution in [0.4, 0.5) is 45.2 Å². The van der Waals surface area contributed by atoms with Gasteiger partial charge >= 0.3 is 18.5 Å². The number of halogens is 10. The second kappa shape index (κ2) is 9.66. The van der Waals surface area contributed by atoms with E-state index in [0.29, 0.717) is 31.0 Å². The molecule has 0 aliphatic heterocycles. The lowest BCUT2D eigenvalue weighted by atomic mass is 9.91. The highest BCUT2D eigenvalue weighted by molar-refractivity contribution is 6.30. The monoisotopic (exact) mass is 548 g/mol. The highest BCUT2D eigenvalue weighted by atomic mass is 35.5. The molecule has 0 radical (unpaired) electrons. The molecule has 3 rings (SSSR count). The predicted octanol–water partition coefficient (Wildman–Crippen LogP) is 6.27. The van der Waals surface area contributed by atoms with Gasteiger partial charge in [-0.2, -0.15) is 39.5 Å². The van der Waals surface area contributed by atoms with E-state index in [1.165, 1.54) is 0 Å². The molecule has 1 aliphatic carbocycles. The van der Waals surface area contributed by atoms with Gasteiger partial charge in [0, 0.05) is 23.2 Å². The molecule has 0 heterocycles. The number of rotatable bonds is 7. The highest BCUT2D eigenvalue weighted by Crippen LogP contribution is 2.43. The van der Waals surface area contributed by atoms with Gasteiger partial charge in [0.25, 0.3) is 0 Å². The zero-order chi connectivity index (χ0) is 27.1. The number of amides is 1. The maximum absolute atomic E-state index is 13.8. The summed E-state index contributed by atoms with van der Waals surface area (Å²) in [6, 6.07) is 3.32. The maximum atomic E-state index is 13.8. The van der Waals surface area contributed by atoms with Crippen LogP contribution in [0.1, 0.15) is 35.1 Å². The largest absolute Gasteiger partial charge is 0.423 e. The van der Waals surface area contributed by atoms with Crippen molar-refractivity contribution in [2.45, 2.75) is 43.5 Å². The van der Waals surface area contributed by atoms with Gasteiger partial charge in [0.05, 0.1) is 17.7 Å². The SMILES string of the molecule is O=C(NCc1ccc(NC[C@@](O)(c2cc(Cl)cc(C(F)(F)F)c2)C(F)(F)F)cc1C(F)(F)F)C1CC1. The zero-order valence-electron chi connectivity index (χ0n) is 18.0. The molecule has 1 amide bonds. The molecule has 4 nitrogen and oxygen atoms in total. The summed E-state index contributed by atoms with van der Waals surface area (Å²) in [5, 5.41) is 14.0. The Morgan fingerprint density at radius 3 is 2.06 bits per heavy atom. The number of hydrogen-bond acceptors (Lipinski definition) is 3. The fourth-order valence-electron chi connectivity index (χ4n) is 3.36. The standard InChI is InChI=1S/C22H18ClF9N2O2/c23-15-6-13(5-14(7-15)20(24,25)26)19(36,22(30,31)32)10-34-16-4-3-12(17(8-16)21(27,28)29)9-33-18(35)11-1-2-11/h3-8,11,34,36H,1-2,9-10H2,(H,33,35)/t19-/m1/s1. The lowest BCUT2D eigenvalue weighted by Crippen LogP contribution is -2.48. The minimum Gasteiger partial charge on any atom is -0.381 e. The molecule has 36 heavy (non-hydrogen) atoms. The van der Waals surface area contributed by atoms with E-state index < -0.39 is 70.5 Å². The maximum Gasteiger partial charge on any atom is 0.423 e. The van der Waals surface area contributed by atoms with E-state index in [4.69, 9.17) is 11.6 Å². The van der Waals surface area contributed by atoms with Gasteiger partial charge in [0.1, 0.15) is 0 Å². The molecule has 0 bridgehead atoms. The summed E-state index contributed by atoms with van der Waals surface area (Å²) in [4.78, 5) is 11.7. The molecule has 14 heteroatoms. The molecule has 2 aromatic rings. The Bertz CT molecular complexity index is 1130. The zero-order valence-corrected chi connectivity index (χ0v) is 18.8. The van der Waals surface area contributed by atoms with Crippen molar-refractivity contribution in [3.8, 4) is 0 Å². The summed E-state index contributed by atoms with van der Waals surface area (Å²) in [6.45, 7) is -2.00. The van der Waals surface area contributed by atoms with E-state index >= 15 is 0 Å². The van der Waals surface area contributed by atoms with Crippen LogP contribution in [-0.2, 0) is 29.3 Å². The summed E-state index contributed by atoms with van der Waals surface area (Å²) in [5.74, 6) is -0.676. The van der Waals surface area contributed by atoms with Gasteiger partial charge in [-0.1, -0.05) is 17.7 Å². The van der Waals surface area contributed by atoms with Gasteiger partial charge in [-0.3, -0.25) is 4.79 Å². The summed E-state index contributed by atoms with van der Waals surface area (Å²) >= 11 is 5.54. The van der Waals surface area contributed by atoms with Gasteiger partial charge < -0.3 is 15.7 Å². The summed E-state index contributed by atoms with van der Waals surface area (Å²) in [6.07, 6.45) is -14.3. The fraction of sp³-hybridized carbons (Fsp3) is 0.409. The van der Waals surface area contributed by atoms with Crippen LogP contribution in [0, 0.1) is 5.92 Å². The second-order valence-electron chi connectivity index (χ2n) is 8.30. The van der Waals surface area contributed by atoms with Crippen LogP contribution in [0.2, 0.25) is 5.02 Å². The lowest BCUT2D eigenvalue weighted by molar-refractivity contribution is -0.260. The fourth-order valence-corrected chi connectivity index (χ4v) is 3.60. The normalized spacial score (nSPS) is 16.4. The number of aliphatic hydroxyl groups is 1. The molecule has 0 aromatic heterocycles. The number of benzene rings is 2. The molecule has 0 saturated heterocycles. The molecule has 0 unspecified atom stereocenters. The van der Waals surface area contributed by atoms with Crippen LogP contribution >= 0.6 is 11.6 Å². The Kier molecular flexibility index (Phi) is 7.49. The first-order chi connectivity index (χ1) is 16.4. The number of hydrogen-bond donors (Lipinski definition) is 3. The van der Waals surface area contributed by atoms with Crippen LogP contribution in [-0.4, -0.2) is 23.7 Å². The van der Waals surface area contributed by atoms with E-state index in [-0.39, 0.29) is 17.5 Å². The van der Waals surface area contributed by atoms with Crippen LogP contribution in [0.15, 0.2) is 36.4 Å². The smallest absolute Gasteiger partial charge is 0.381 e. The van der Waals surface area contributed by atoms with E-state index in [9.17, 15) is 49.4 Å². The first-order valence-electron chi connectivity index (χ1n) is 10.3. The molecule has 0 spiro atoms. The first kappa shape index (κ1) is 27.9. The third-order valence-corrected chi connectivity index (χ3v) is 5.75. The summed E-state index contributed by atoms with van der Waals surface area (Å²) < 4.78 is 121. The number of alkyl halides is 9. The van der Waals surface area contributed by atoms with Gasteiger partial charge in [-0.15, -0.1) is 0 Å². The molecule has 198 valence electrons. The van der Waals surface area contributed by atoms with Crippen LogP contribution < -0.4 is 10.6 Å². The lowest BCUT2D eigenvalue weighted by Gasteiger charge is -2.32. The van der Waals surface area contributed by atoms with E-state index in [1.54, 1.807) is 0 Å². The highest BCUT2D eigenvalue weighted by Gasteiger charge is 2.55. The first-order valence-corrected chi connectivity index (χ1v) is 10.7. The number of carbonyl (C=O) groups excluding carboxylic acids is 1. The van der Waals surface area contributed by atoms with Crippen LogP contribution in [0.3, 0.4) is 0 Å². The Morgan fingerprint density at radius 1 is 0.917 bits per heavy atom. The third-order valence-electron chi connectivity index (χ3n) is 5.54. The van der Waals surface area contributed by atoms with Crippen molar-refractivity contribution in [2.75, 3.05) is 11.9 Å². The molecule has 1 fully saturated rings.